The highest BCUT2D eigenvalue weighted by Crippen LogP contribution is 2.14. The van der Waals surface area contributed by atoms with Gasteiger partial charge < -0.3 is 20.1 Å². The highest BCUT2D eigenvalue weighted by molar-refractivity contribution is 14.0. The van der Waals surface area contributed by atoms with Crippen LogP contribution in [0.25, 0.3) is 0 Å². The lowest BCUT2D eigenvalue weighted by Crippen LogP contribution is -2.41. The van der Waals surface area contributed by atoms with Gasteiger partial charge in [0.2, 0.25) is 5.88 Å². The summed E-state index contributed by atoms with van der Waals surface area (Å²) < 4.78 is 10.8. The van der Waals surface area contributed by atoms with E-state index in [0.29, 0.717) is 18.5 Å². The smallest absolute Gasteiger partial charge is 0.218 e. The predicted molar refractivity (Wildman–Crippen MR) is 98.0 cm³/mol. The number of pyridine rings is 1. The molecule has 7 heteroatoms. The van der Waals surface area contributed by atoms with Crippen LogP contribution in [-0.4, -0.2) is 43.9 Å². The lowest BCUT2D eigenvalue weighted by Gasteiger charge is -2.15. The average molecular weight is 420 g/mol. The van der Waals surface area contributed by atoms with Gasteiger partial charge in [0.1, 0.15) is 0 Å². The normalized spacial score (nSPS) is 17.7. The number of hydrogen-bond acceptors (Lipinski definition) is 4. The van der Waals surface area contributed by atoms with Gasteiger partial charge in [-0.2, -0.15) is 0 Å². The van der Waals surface area contributed by atoms with Gasteiger partial charge in [-0.1, -0.05) is 6.07 Å². The van der Waals surface area contributed by atoms with Crippen molar-refractivity contribution in [3.63, 3.8) is 0 Å². The molecule has 124 valence electrons. The van der Waals surface area contributed by atoms with E-state index >= 15 is 0 Å². The molecule has 0 saturated carbocycles. The van der Waals surface area contributed by atoms with E-state index in [0.717, 1.165) is 44.1 Å². The third kappa shape index (κ3) is 5.96. The number of ether oxygens (including phenoxy) is 2. The maximum absolute atomic E-state index is 5.61. The summed E-state index contributed by atoms with van der Waals surface area (Å²) in [6.07, 6.45) is 4.27. The molecule has 1 aromatic heterocycles. The number of rotatable bonds is 6. The van der Waals surface area contributed by atoms with Gasteiger partial charge in [-0.15, -0.1) is 24.0 Å². The van der Waals surface area contributed by atoms with Gasteiger partial charge in [-0.25, -0.2) is 9.98 Å². The minimum Gasteiger partial charge on any atom is -0.481 e. The quantitative estimate of drug-likeness (QED) is 0.419. The summed E-state index contributed by atoms with van der Waals surface area (Å²) in [7, 11) is 1.62. The van der Waals surface area contributed by atoms with Crippen molar-refractivity contribution in [3.8, 4) is 5.88 Å². The summed E-state index contributed by atoms with van der Waals surface area (Å²) in [5.41, 5.74) is 0.967. The SMILES string of the molecule is CCNC(=NCc1cccnc1OC)NCC1CCCO1.I. The maximum atomic E-state index is 5.61. The van der Waals surface area contributed by atoms with E-state index < -0.39 is 0 Å². The van der Waals surface area contributed by atoms with Crippen LogP contribution in [0.1, 0.15) is 25.3 Å². The number of aliphatic imine (C=N–C) groups is 1. The van der Waals surface area contributed by atoms with Gasteiger partial charge in [-0.05, 0) is 25.8 Å². The number of aromatic nitrogens is 1. The first-order valence-corrected chi connectivity index (χ1v) is 7.45. The summed E-state index contributed by atoms with van der Waals surface area (Å²) in [4.78, 5) is 8.75. The van der Waals surface area contributed by atoms with Gasteiger partial charge in [0, 0.05) is 31.5 Å². The van der Waals surface area contributed by atoms with Crippen LogP contribution in [-0.2, 0) is 11.3 Å². The summed E-state index contributed by atoms with van der Waals surface area (Å²) in [6, 6.07) is 3.86. The summed E-state index contributed by atoms with van der Waals surface area (Å²) in [6.45, 7) is 5.05. The molecular formula is C15H25IN4O2. The van der Waals surface area contributed by atoms with E-state index in [2.05, 4.69) is 20.6 Å². The van der Waals surface area contributed by atoms with E-state index in [9.17, 15) is 0 Å². The molecule has 1 unspecified atom stereocenters. The Hall–Kier alpha value is -1.09. The second-order valence-electron chi connectivity index (χ2n) is 4.88. The molecular weight excluding hydrogens is 395 g/mol. The first-order chi connectivity index (χ1) is 10.3. The fourth-order valence-electron chi connectivity index (χ4n) is 2.25. The van der Waals surface area contributed by atoms with Crippen LogP contribution < -0.4 is 15.4 Å². The highest BCUT2D eigenvalue weighted by Gasteiger charge is 2.15. The molecule has 1 saturated heterocycles. The Balaban J connectivity index is 0.00000242. The standard InChI is InChI=1S/C15H24N4O2.HI/c1-3-16-15(19-11-13-7-5-9-21-13)18-10-12-6-4-8-17-14(12)20-2;/h4,6,8,13H,3,5,7,9-11H2,1-2H3,(H2,16,18,19);1H. The minimum atomic E-state index is 0. The minimum absolute atomic E-state index is 0. The fourth-order valence-corrected chi connectivity index (χ4v) is 2.25. The topological polar surface area (TPSA) is 67.8 Å². The van der Waals surface area contributed by atoms with Crippen LogP contribution in [0.4, 0.5) is 0 Å². The largest absolute Gasteiger partial charge is 0.481 e. The van der Waals surface area contributed by atoms with Gasteiger partial charge in [0.05, 0.1) is 19.8 Å². The van der Waals surface area contributed by atoms with E-state index in [1.54, 1.807) is 13.3 Å². The molecule has 1 fully saturated rings. The molecule has 1 aliphatic heterocycles. The molecule has 1 aromatic rings. The number of nitrogens with zero attached hydrogens (tertiary/aromatic N) is 2. The van der Waals surface area contributed by atoms with E-state index in [1.165, 1.54) is 0 Å². The first-order valence-electron chi connectivity index (χ1n) is 7.45. The molecule has 0 aromatic carbocycles. The van der Waals surface area contributed by atoms with Crippen molar-refractivity contribution >= 4 is 29.9 Å². The molecule has 1 aliphatic rings. The molecule has 2 rings (SSSR count). The molecule has 0 aliphatic carbocycles. The van der Waals surface area contributed by atoms with Crippen molar-refractivity contribution in [1.82, 2.24) is 15.6 Å². The maximum Gasteiger partial charge on any atom is 0.218 e. The Morgan fingerprint density at radius 3 is 3.05 bits per heavy atom. The monoisotopic (exact) mass is 420 g/mol. The number of halogens is 1. The molecule has 1 atom stereocenters. The van der Waals surface area contributed by atoms with Crippen LogP contribution in [0.3, 0.4) is 0 Å². The number of guanidine groups is 1. The lowest BCUT2D eigenvalue weighted by atomic mass is 10.2. The Morgan fingerprint density at radius 1 is 1.50 bits per heavy atom. The second-order valence-corrected chi connectivity index (χ2v) is 4.88. The van der Waals surface area contributed by atoms with Crippen molar-refractivity contribution in [2.75, 3.05) is 26.8 Å². The van der Waals surface area contributed by atoms with Crippen molar-refractivity contribution in [1.29, 1.82) is 0 Å². The average Bonchev–Trinajstić information content (AvgIpc) is 3.03. The Morgan fingerprint density at radius 2 is 2.36 bits per heavy atom. The summed E-state index contributed by atoms with van der Waals surface area (Å²) in [5.74, 6) is 1.41. The lowest BCUT2D eigenvalue weighted by molar-refractivity contribution is 0.114. The molecule has 0 radical (unpaired) electrons. The van der Waals surface area contributed by atoms with Gasteiger partial charge in [0.15, 0.2) is 5.96 Å². The molecule has 22 heavy (non-hydrogen) atoms. The Bertz CT molecular complexity index is 465. The van der Waals surface area contributed by atoms with Crippen LogP contribution in [0.5, 0.6) is 5.88 Å². The van der Waals surface area contributed by atoms with Crippen molar-refractivity contribution in [3.05, 3.63) is 23.9 Å². The zero-order chi connectivity index (χ0) is 14.9. The molecule has 2 heterocycles. The van der Waals surface area contributed by atoms with Crippen LogP contribution in [0.2, 0.25) is 0 Å². The zero-order valence-corrected chi connectivity index (χ0v) is 15.5. The number of methoxy groups -OCH3 is 1. The molecule has 0 amide bonds. The van der Waals surface area contributed by atoms with Crippen molar-refractivity contribution in [2.45, 2.75) is 32.4 Å². The zero-order valence-electron chi connectivity index (χ0n) is 13.2. The van der Waals surface area contributed by atoms with Crippen LogP contribution in [0, 0.1) is 0 Å². The van der Waals surface area contributed by atoms with Crippen LogP contribution in [0.15, 0.2) is 23.3 Å². The van der Waals surface area contributed by atoms with Gasteiger partial charge >= 0.3 is 0 Å². The van der Waals surface area contributed by atoms with E-state index in [1.807, 2.05) is 19.1 Å². The summed E-state index contributed by atoms with van der Waals surface area (Å²) >= 11 is 0. The predicted octanol–water partition coefficient (Wildman–Crippen LogP) is 1.94. The third-order valence-electron chi connectivity index (χ3n) is 3.32. The Kier molecular flexibility index (Phi) is 9.14. The molecule has 0 spiro atoms. The summed E-state index contributed by atoms with van der Waals surface area (Å²) in [5, 5.41) is 6.56. The van der Waals surface area contributed by atoms with Gasteiger partial charge in [0.25, 0.3) is 0 Å². The number of nitrogens with one attached hydrogen (secondary N) is 2. The fraction of sp³-hybridized carbons (Fsp3) is 0.600. The number of hydrogen-bond donors (Lipinski definition) is 2. The van der Waals surface area contributed by atoms with Gasteiger partial charge in [-0.3, -0.25) is 0 Å². The highest BCUT2D eigenvalue weighted by atomic mass is 127. The first kappa shape index (κ1) is 19.0. The molecule has 6 nitrogen and oxygen atoms in total. The van der Waals surface area contributed by atoms with Crippen molar-refractivity contribution in [2.24, 2.45) is 4.99 Å². The third-order valence-corrected chi connectivity index (χ3v) is 3.32. The Labute approximate surface area is 149 Å². The van der Waals surface area contributed by atoms with Crippen LogP contribution >= 0.6 is 24.0 Å². The van der Waals surface area contributed by atoms with E-state index in [4.69, 9.17) is 9.47 Å². The van der Waals surface area contributed by atoms with E-state index in [-0.39, 0.29) is 24.0 Å². The molecule has 0 bridgehead atoms. The van der Waals surface area contributed by atoms with Crippen molar-refractivity contribution < 1.29 is 9.47 Å². The molecule has 2 N–H and O–H groups in total. The second kappa shape index (κ2) is 10.6.